The highest BCUT2D eigenvalue weighted by Crippen LogP contribution is 2.19. The first kappa shape index (κ1) is 16.5. The van der Waals surface area contributed by atoms with Crippen LogP contribution in [0.5, 0.6) is 0 Å². The van der Waals surface area contributed by atoms with Crippen LogP contribution in [0.25, 0.3) is 0 Å². The van der Waals surface area contributed by atoms with E-state index in [-0.39, 0.29) is 12.4 Å². The highest BCUT2D eigenvalue weighted by molar-refractivity contribution is 5.85. The number of benzene rings is 1. The van der Waals surface area contributed by atoms with Crippen LogP contribution in [0.3, 0.4) is 0 Å². The molecule has 0 aliphatic carbocycles. The molecule has 2 rings (SSSR count). The summed E-state index contributed by atoms with van der Waals surface area (Å²) in [4.78, 5) is 2.60. The van der Waals surface area contributed by atoms with Crippen molar-refractivity contribution in [2.45, 2.75) is 33.2 Å². The molecule has 1 aliphatic heterocycles. The largest absolute Gasteiger partial charge is 0.319 e. The Bertz CT molecular complexity index is 364. The van der Waals surface area contributed by atoms with E-state index >= 15 is 0 Å². The Morgan fingerprint density at radius 1 is 1.11 bits per heavy atom. The Labute approximate surface area is 124 Å². The predicted molar refractivity (Wildman–Crippen MR) is 85.1 cm³/mol. The minimum atomic E-state index is 0. The zero-order chi connectivity index (χ0) is 13.0. The van der Waals surface area contributed by atoms with E-state index in [0.717, 1.165) is 12.5 Å². The fourth-order valence-electron chi connectivity index (χ4n) is 3.06. The number of hydrogen-bond donors (Lipinski definition) is 1. The van der Waals surface area contributed by atoms with Crippen LogP contribution < -0.4 is 5.32 Å². The lowest BCUT2D eigenvalue weighted by Crippen LogP contribution is -2.36. The van der Waals surface area contributed by atoms with E-state index < -0.39 is 0 Å². The van der Waals surface area contributed by atoms with Gasteiger partial charge in [0.15, 0.2) is 0 Å². The molecular formula is C16H27ClN2. The third-order valence-electron chi connectivity index (χ3n) is 3.89. The van der Waals surface area contributed by atoms with Gasteiger partial charge in [-0.1, -0.05) is 29.3 Å². The van der Waals surface area contributed by atoms with E-state index in [9.17, 15) is 0 Å². The molecule has 1 heterocycles. The molecule has 1 aromatic carbocycles. The molecule has 19 heavy (non-hydrogen) atoms. The summed E-state index contributed by atoms with van der Waals surface area (Å²) in [5, 5.41) is 3.30. The zero-order valence-electron chi connectivity index (χ0n) is 12.4. The average Bonchev–Trinajstić information content (AvgIpc) is 2.31. The fraction of sp³-hybridized carbons (Fsp3) is 0.625. The van der Waals surface area contributed by atoms with Crippen LogP contribution in [-0.2, 0) is 6.54 Å². The van der Waals surface area contributed by atoms with Gasteiger partial charge in [0.1, 0.15) is 0 Å². The van der Waals surface area contributed by atoms with Gasteiger partial charge in [-0.15, -0.1) is 12.4 Å². The molecule has 1 N–H and O–H groups in total. The zero-order valence-corrected chi connectivity index (χ0v) is 13.2. The average molecular weight is 283 g/mol. The summed E-state index contributed by atoms with van der Waals surface area (Å²) in [6.07, 6.45) is 2.68. The van der Waals surface area contributed by atoms with Crippen molar-refractivity contribution in [1.82, 2.24) is 10.2 Å². The molecule has 0 bridgehead atoms. The van der Waals surface area contributed by atoms with Gasteiger partial charge in [0.25, 0.3) is 0 Å². The third-order valence-corrected chi connectivity index (χ3v) is 3.89. The van der Waals surface area contributed by atoms with Crippen LogP contribution in [0, 0.1) is 19.8 Å². The molecule has 0 amide bonds. The molecule has 0 radical (unpaired) electrons. The molecule has 0 saturated carbocycles. The van der Waals surface area contributed by atoms with Crippen LogP contribution >= 0.6 is 12.4 Å². The first-order valence-corrected chi connectivity index (χ1v) is 7.11. The van der Waals surface area contributed by atoms with Gasteiger partial charge in [-0.25, -0.2) is 0 Å². The normalized spacial score (nSPS) is 17.2. The maximum atomic E-state index is 3.30. The number of piperidine rings is 1. The van der Waals surface area contributed by atoms with Gasteiger partial charge in [0.2, 0.25) is 0 Å². The van der Waals surface area contributed by atoms with E-state index in [2.05, 4.69) is 49.3 Å². The van der Waals surface area contributed by atoms with Crippen molar-refractivity contribution >= 4 is 12.4 Å². The van der Waals surface area contributed by atoms with Gasteiger partial charge in [-0.05, 0) is 64.9 Å². The third kappa shape index (κ3) is 5.13. The van der Waals surface area contributed by atoms with Gasteiger partial charge in [-0.3, -0.25) is 4.90 Å². The van der Waals surface area contributed by atoms with E-state index in [0.29, 0.717) is 0 Å². The molecule has 2 nitrogen and oxygen atoms in total. The summed E-state index contributed by atoms with van der Waals surface area (Å²) in [7, 11) is 2.06. The number of nitrogens with one attached hydrogen (secondary N) is 1. The summed E-state index contributed by atoms with van der Waals surface area (Å²) >= 11 is 0. The minimum Gasteiger partial charge on any atom is -0.319 e. The summed E-state index contributed by atoms with van der Waals surface area (Å²) in [6.45, 7) is 9.18. The van der Waals surface area contributed by atoms with Crippen molar-refractivity contribution in [3.05, 3.63) is 34.9 Å². The Morgan fingerprint density at radius 3 is 2.21 bits per heavy atom. The molecule has 1 fully saturated rings. The topological polar surface area (TPSA) is 15.3 Å². The lowest BCUT2D eigenvalue weighted by atomic mass is 9.96. The van der Waals surface area contributed by atoms with Crippen molar-refractivity contribution in [2.24, 2.45) is 5.92 Å². The van der Waals surface area contributed by atoms with Crippen molar-refractivity contribution < 1.29 is 0 Å². The summed E-state index contributed by atoms with van der Waals surface area (Å²) < 4.78 is 0. The molecule has 0 atom stereocenters. The van der Waals surface area contributed by atoms with E-state index in [4.69, 9.17) is 0 Å². The van der Waals surface area contributed by atoms with Gasteiger partial charge in [0.05, 0.1) is 0 Å². The maximum Gasteiger partial charge on any atom is 0.0233 e. The van der Waals surface area contributed by atoms with E-state index in [1.165, 1.54) is 49.2 Å². The van der Waals surface area contributed by atoms with Gasteiger partial charge >= 0.3 is 0 Å². The number of nitrogens with zero attached hydrogens (tertiary/aromatic N) is 1. The summed E-state index contributed by atoms with van der Waals surface area (Å²) in [5.41, 5.74) is 4.24. The molecule has 1 aliphatic rings. The van der Waals surface area contributed by atoms with Gasteiger partial charge in [-0.2, -0.15) is 0 Å². The SMILES string of the molecule is CNCC1CCN(Cc2cc(C)cc(C)c2)CC1.Cl. The van der Waals surface area contributed by atoms with Crippen molar-refractivity contribution in [3.8, 4) is 0 Å². The predicted octanol–water partition coefficient (Wildman–Crippen LogP) is 3.16. The van der Waals surface area contributed by atoms with E-state index in [1.54, 1.807) is 0 Å². The number of halogens is 1. The van der Waals surface area contributed by atoms with Gasteiger partial charge in [0, 0.05) is 6.54 Å². The lowest BCUT2D eigenvalue weighted by molar-refractivity contribution is 0.176. The van der Waals surface area contributed by atoms with Crippen LogP contribution in [0.15, 0.2) is 18.2 Å². The Kier molecular flexibility index (Phi) is 6.84. The van der Waals surface area contributed by atoms with Crippen LogP contribution in [0.4, 0.5) is 0 Å². The number of hydrogen-bond acceptors (Lipinski definition) is 2. The number of rotatable bonds is 4. The first-order chi connectivity index (χ1) is 8.67. The summed E-state index contributed by atoms with van der Waals surface area (Å²) in [6, 6.07) is 6.90. The number of likely N-dealkylation sites (tertiary alicyclic amines) is 1. The van der Waals surface area contributed by atoms with Crippen LogP contribution in [-0.4, -0.2) is 31.6 Å². The van der Waals surface area contributed by atoms with Crippen molar-refractivity contribution in [2.75, 3.05) is 26.7 Å². The lowest BCUT2D eigenvalue weighted by Gasteiger charge is -2.32. The van der Waals surface area contributed by atoms with Crippen molar-refractivity contribution in [3.63, 3.8) is 0 Å². The highest BCUT2D eigenvalue weighted by atomic mass is 35.5. The maximum absolute atomic E-state index is 3.30. The van der Waals surface area contributed by atoms with Crippen molar-refractivity contribution in [1.29, 1.82) is 0 Å². The summed E-state index contributed by atoms with van der Waals surface area (Å²) in [5.74, 6) is 0.880. The highest BCUT2D eigenvalue weighted by Gasteiger charge is 2.18. The van der Waals surface area contributed by atoms with Crippen LogP contribution in [0.2, 0.25) is 0 Å². The Balaban J connectivity index is 0.00000180. The molecule has 0 aromatic heterocycles. The Morgan fingerprint density at radius 2 is 1.68 bits per heavy atom. The molecular weight excluding hydrogens is 256 g/mol. The molecule has 108 valence electrons. The van der Waals surface area contributed by atoms with E-state index in [1.807, 2.05) is 0 Å². The number of aryl methyl sites for hydroxylation is 2. The molecule has 1 saturated heterocycles. The first-order valence-electron chi connectivity index (χ1n) is 7.11. The monoisotopic (exact) mass is 282 g/mol. The minimum absolute atomic E-state index is 0. The molecule has 3 heteroatoms. The smallest absolute Gasteiger partial charge is 0.0233 e. The second kappa shape index (κ2) is 7.88. The second-order valence-corrected chi connectivity index (χ2v) is 5.77. The standard InChI is InChI=1S/C16H26N2.ClH/c1-13-8-14(2)10-16(9-13)12-18-6-4-15(5-7-18)11-17-3;/h8-10,15,17H,4-7,11-12H2,1-3H3;1H. The molecule has 0 unspecified atom stereocenters. The Hall–Kier alpha value is -0.570. The molecule has 1 aromatic rings. The van der Waals surface area contributed by atoms with Crippen LogP contribution in [0.1, 0.15) is 29.5 Å². The second-order valence-electron chi connectivity index (χ2n) is 5.77. The fourth-order valence-corrected chi connectivity index (χ4v) is 3.06. The quantitative estimate of drug-likeness (QED) is 0.913. The molecule has 0 spiro atoms. The van der Waals surface area contributed by atoms with Gasteiger partial charge < -0.3 is 5.32 Å².